The number of rotatable bonds is 11. The van der Waals surface area contributed by atoms with Crippen LogP contribution in [0.15, 0.2) is 60.9 Å². The number of benzene rings is 2. The van der Waals surface area contributed by atoms with E-state index in [1.54, 1.807) is 37.6 Å². The second-order valence-electron chi connectivity index (χ2n) is 7.83. The Bertz CT molecular complexity index is 1160. The number of aromatic nitrogens is 2. The van der Waals surface area contributed by atoms with E-state index in [-0.39, 0.29) is 37.6 Å². The minimum Gasteiger partial charge on any atom is -0.497 e. The average molecular weight is 476 g/mol. The molecule has 1 unspecified atom stereocenters. The van der Waals surface area contributed by atoms with Gasteiger partial charge in [-0.3, -0.25) is 9.59 Å². The van der Waals surface area contributed by atoms with Crippen molar-refractivity contribution in [1.82, 2.24) is 14.9 Å². The Hall–Kier alpha value is -4.32. The number of nitrogens with zero attached hydrogens (tertiary/aromatic N) is 4. The zero-order valence-corrected chi connectivity index (χ0v) is 20.1. The monoisotopic (exact) mass is 475 g/mol. The lowest BCUT2D eigenvalue weighted by Crippen LogP contribution is -2.35. The summed E-state index contributed by atoms with van der Waals surface area (Å²) < 4.78 is 12.6. The van der Waals surface area contributed by atoms with E-state index in [4.69, 9.17) is 14.7 Å². The van der Waals surface area contributed by atoms with Crippen molar-refractivity contribution < 1.29 is 19.1 Å². The summed E-state index contributed by atoms with van der Waals surface area (Å²) >= 11 is 0. The maximum Gasteiger partial charge on any atom is 0.227 e. The van der Waals surface area contributed by atoms with Gasteiger partial charge < -0.3 is 24.3 Å². The molecule has 0 saturated heterocycles. The SMILES string of the molecule is COc1cc(OC)cc(C(NC(=O)CCC(=O)N(CCC#N)c2ccccc2)c2nccn2C)c1. The number of imidazole rings is 1. The van der Waals surface area contributed by atoms with E-state index in [2.05, 4.69) is 16.4 Å². The highest BCUT2D eigenvalue weighted by atomic mass is 16.5. The van der Waals surface area contributed by atoms with E-state index in [1.165, 1.54) is 0 Å². The first kappa shape index (κ1) is 25.3. The number of ether oxygens (including phenoxy) is 2. The molecule has 1 heterocycles. The van der Waals surface area contributed by atoms with Gasteiger partial charge in [0.05, 0.1) is 26.7 Å². The van der Waals surface area contributed by atoms with Crippen LogP contribution in [-0.2, 0) is 16.6 Å². The molecule has 0 fully saturated rings. The van der Waals surface area contributed by atoms with Gasteiger partial charge in [-0.2, -0.15) is 5.26 Å². The van der Waals surface area contributed by atoms with Gasteiger partial charge in [0.2, 0.25) is 11.8 Å². The van der Waals surface area contributed by atoms with Crippen LogP contribution in [0.2, 0.25) is 0 Å². The molecule has 1 atom stereocenters. The maximum absolute atomic E-state index is 13.0. The molecule has 9 heteroatoms. The fraction of sp³-hybridized carbons (Fsp3) is 0.308. The van der Waals surface area contributed by atoms with Crippen molar-refractivity contribution in [2.75, 3.05) is 25.7 Å². The highest BCUT2D eigenvalue weighted by Gasteiger charge is 2.23. The summed E-state index contributed by atoms with van der Waals surface area (Å²) in [5.41, 5.74) is 1.43. The molecule has 2 aromatic carbocycles. The number of nitrogens with one attached hydrogen (secondary N) is 1. The summed E-state index contributed by atoms with van der Waals surface area (Å²) in [4.78, 5) is 31.9. The summed E-state index contributed by atoms with van der Waals surface area (Å²) in [6, 6.07) is 16.0. The quantitative estimate of drug-likeness (QED) is 0.455. The average Bonchev–Trinajstić information content (AvgIpc) is 3.31. The molecule has 3 aromatic rings. The standard InChI is InChI=1S/C26H29N5O4/c1-30-15-13-28-26(30)25(19-16-21(34-2)18-22(17-19)35-3)29-23(32)10-11-24(33)31(14-7-12-27)20-8-5-4-6-9-20/h4-6,8-9,13,15-18,25H,7,10-11,14H2,1-3H3,(H,29,32). The van der Waals surface area contributed by atoms with Crippen LogP contribution in [0.5, 0.6) is 11.5 Å². The van der Waals surface area contributed by atoms with Crippen LogP contribution in [0.4, 0.5) is 5.69 Å². The van der Waals surface area contributed by atoms with Gasteiger partial charge in [0.25, 0.3) is 0 Å². The van der Waals surface area contributed by atoms with Crippen molar-refractivity contribution in [3.8, 4) is 17.6 Å². The van der Waals surface area contributed by atoms with Gasteiger partial charge >= 0.3 is 0 Å². The van der Waals surface area contributed by atoms with Crippen LogP contribution >= 0.6 is 0 Å². The molecule has 3 rings (SSSR count). The second kappa shape index (κ2) is 12.2. The Labute approximate surface area is 204 Å². The van der Waals surface area contributed by atoms with Gasteiger partial charge in [-0.05, 0) is 29.8 Å². The Morgan fingerprint density at radius 2 is 1.80 bits per heavy atom. The molecule has 0 radical (unpaired) electrons. The third kappa shape index (κ3) is 6.60. The van der Waals surface area contributed by atoms with E-state index >= 15 is 0 Å². The summed E-state index contributed by atoms with van der Waals surface area (Å²) in [7, 11) is 4.96. The van der Waals surface area contributed by atoms with E-state index < -0.39 is 6.04 Å². The van der Waals surface area contributed by atoms with Gasteiger partial charge in [-0.1, -0.05) is 18.2 Å². The summed E-state index contributed by atoms with van der Waals surface area (Å²) in [5.74, 6) is 1.26. The smallest absolute Gasteiger partial charge is 0.227 e. The number of para-hydroxylation sites is 1. The van der Waals surface area contributed by atoms with Crippen molar-refractivity contribution in [2.45, 2.75) is 25.3 Å². The zero-order valence-electron chi connectivity index (χ0n) is 20.1. The Balaban J connectivity index is 1.77. The van der Waals surface area contributed by atoms with Gasteiger partial charge in [-0.25, -0.2) is 4.98 Å². The molecule has 182 valence electrons. The predicted molar refractivity (Wildman–Crippen MR) is 131 cm³/mol. The highest BCUT2D eigenvalue weighted by molar-refractivity contribution is 5.95. The lowest BCUT2D eigenvalue weighted by molar-refractivity contribution is -0.125. The first-order valence-corrected chi connectivity index (χ1v) is 11.2. The molecule has 2 amide bonds. The van der Waals surface area contributed by atoms with E-state index in [9.17, 15) is 9.59 Å². The zero-order chi connectivity index (χ0) is 25.2. The normalized spacial score (nSPS) is 11.3. The van der Waals surface area contributed by atoms with Crippen LogP contribution in [0.3, 0.4) is 0 Å². The summed E-state index contributed by atoms with van der Waals surface area (Å²) in [6.07, 6.45) is 3.63. The van der Waals surface area contributed by atoms with E-state index in [1.807, 2.05) is 54.1 Å². The number of amides is 2. The number of anilines is 1. The minimum absolute atomic E-state index is 0.000867. The van der Waals surface area contributed by atoms with Gasteiger partial charge in [0.1, 0.15) is 23.4 Å². The van der Waals surface area contributed by atoms with Crippen molar-refractivity contribution in [1.29, 1.82) is 5.26 Å². The van der Waals surface area contributed by atoms with Gasteiger partial charge in [0.15, 0.2) is 0 Å². The summed E-state index contributed by atoms with van der Waals surface area (Å²) in [6.45, 7) is 0.264. The predicted octanol–water partition coefficient (Wildman–Crippen LogP) is 3.37. The van der Waals surface area contributed by atoms with Crippen molar-refractivity contribution in [2.24, 2.45) is 7.05 Å². The summed E-state index contributed by atoms with van der Waals surface area (Å²) in [5, 5.41) is 12.0. The number of carbonyl (C=O) groups is 2. The molecule has 0 saturated carbocycles. The van der Waals surface area contributed by atoms with E-state index in [0.29, 0.717) is 23.0 Å². The minimum atomic E-state index is -0.578. The molecule has 9 nitrogen and oxygen atoms in total. The Morgan fingerprint density at radius 1 is 1.11 bits per heavy atom. The highest BCUT2D eigenvalue weighted by Crippen LogP contribution is 2.29. The van der Waals surface area contributed by atoms with Crippen LogP contribution < -0.4 is 19.7 Å². The lowest BCUT2D eigenvalue weighted by atomic mass is 10.0. The van der Waals surface area contributed by atoms with Crippen LogP contribution in [0, 0.1) is 11.3 Å². The molecule has 1 N–H and O–H groups in total. The fourth-order valence-electron chi connectivity index (χ4n) is 3.70. The number of hydrogen-bond acceptors (Lipinski definition) is 6. The third-order valence-corrected chi connectivity index (χ3v) is 5.51. The Kier molecular flexibility index (Phi) is 8.84. The number of hydrogen-bond donors (Lipinski definition) is 1. The third-order valence-electron chi connectivity index (χ3n) is 5.51. The lowest BCUT2D eigenvalue weighted by Gasteiger charge is -2.23. The van der Waals surface area contributed by atoms with Crippen molar-refractivity contribution in [3.05, 3.63) is 72.3 Å². The van der Waals surface area contributed by atoms with Crippen molar-refractivity contribution >= 4 is 17.5 Å². The molecular weight excluding hydrogens is 446 g/mol. The van der Waals surface area contributed by atoms with E-state index in [0.717, 1.165) is 5.56 Å². The molecule has 0 aliphatic rings. The molecule has 35 heavy (non-hydrogen) atoms. The largest absolute Gasteiger partial charge is 0.497 e. The van der Waals surface area contributed by atoms with Gasteiger partial charge in [-0.15, -0.1) is 0 Å². The Morgan fingerprint density at radius 3 is 2.37 bits per heavy atom. The molecule has 0 spiro atoms. The number of aryl methyl sites for hydroxylation is 1. The van der Waals surface area contributed by atoms with Crippen LogP contribution in [0.25, 0.3) is 0 Å². The fourth-order valence-corrected chi connectivity index (χ4v) is 3.70. The van der Waals surface area contributed by atoms with Gasteiger partial charge in [0, 0.05) is 50.6 Å². The first-order valence-electron chi connectivity index (χ1n) is 11.2. The van der Waals surface area contributed by atoms with Crippen molar-refractivity contribution in [3.63, 3.8) is 0 Å². The van der Waals surface area contributed by atoms with Crippen LogP contribution in [-0.4, -0.2) is 42.1 Å². The molecule has 0 aliphatic heterocycles. The molecule has 1 aromatic heterocycles. The number of carbonyl (C=O) groups excluding carboxylic acids is 2. The second-order valence-corrected chi connectivity index (χ2v) is 7.83. The topological polar surface area (TPSA) is 109 Å². The number of methoxy groups -OCH3 is 2. The molecule has 0 bridgehead atoms. The molecule has 0 aliphatic carbocycles. The maximum atomic E-state index is 13.0. The number of nitriles is 1. The van der Waals surface area contributed by atoms with Crippen LogP contribution in [0.1, 0.15) is 36.7 Å². The molecular formula is C26H29N5O4. The first-order chi connectivity index (χ1) is 17.0.